The molecular formula is C13H27N3. The first-order chi connectivity index (χ1) is 7.83. The van der Waals surface area contributed by atoms with Crippen LogP contribution in [-0.4, -0.2) is 62.2 Å². The third-order valence-corrected chi connectivity index (χ3v) is 4.26. The molecule has 2 aliphatic heterocycles. The van der Waals surface area contributed by atoms with E-state index in [9.17, 15) is 0 Å². The van der Waals surface area contributed by atoms with Crippen molar-refractivity contribution < 1.29 is 0 Å². The molecular weight excluding hydrogens is 198 g/mol. The van der Waals surface area contributed by atoms with Crippen LogP contribution in [0.15, 0.2) is 0 Å². The minimum atomic E-state index is 0.831. The highest BCUT2D eigenvalue weighted by atomic mass is 15.3. The van der Waals surface area contributed by atoms with Crippen molar-refractivity contribution in [1.29, 1.82) is 0 Å². The van der Waals surface area contributed by atoms with Gasteiger partial charge in [0, 0.05) is 32.2 Å². The van der Waals surface area contributed by atoms with Gasteiger partial charge in [-0.3, -0.25) is 4.90 Å². The number of piperazine rings is 1. The zero-order chi connectivity index (χ0) is 11.4. The van der Waals surface area contributed by atoms with E-state index in [1.807, 2.05) is 0 Å². The molecule has 2 unspecified atom stereocenters. The second kappa shape index (κ2) is 5.99. The Morgan fingerprint density at radius 3 is 2.94 bits per heavy atom. The second-order valence-electron chi connectivity index (χ2n) is 5.42. The first-order valence-electron chi connectivity index (χ1n) is 6.94. The van der Waals surface area contributed by atoms with Crippen molar-refractivity contribution in [3.63, 3.8) is 0 Å². The third-order valence-electron chi connectivity index (χ3n) is 4.26. The Morgan fingerprint density at radius 2 is 2.19 bits per heavy atom. The van der Waals surface area contributed by atoms with Gasteiger partial charge in [-0.1, -0.05) is 13.3 Å². The molecule has 2 aliphatic rings. The van der Waals surface area contributed by atoms with Crippen molar-refractivity contribution in [3.8, 4) is 0 Å². The average molecular weight is 225 g/mol. The Balaban J connectivity index is 1.77. The summed E-state index contributed by atoms with van der Waals surface area (Å²) in [6.07, 6.45) is 4.15. The van der Waals surface area contributed by atoms with Crippen molar-refractivity contribution in [1.82, 2.24) is 15.1 Å². The van der Waals surface area contributed by atoms with E-state index in [2.05, 4.69) is 29.1 Å². The highest BCUT2D eigenvalue weighted by Crippen LogP contribution is 2.22. The van der Waals surface area contributed by atoms with E-state index in [1.165, 1.54) is 58.5 Å². The Bertz CT molecular complexity index is 207. The Labute approximate surface area is 100 Å². The highest BCUT2D eigenvalue weighted by molar-refractivity contribution is 4.87. The molecule has 0 saturated carbocycles. The van der Waals surface area contributed by atoms with Crippen LogP contribution in [0, 0.1) is 5.92 Å². The normalized spacial score (nSPS) is 29.2. The maximum Gasteiger partial charge on any atom is 0.0224 e. The van der Waals surface area contributed by atoms with Gasteiger partial charge in [0.25, 0.3) is 0 Å². The molecule has 0 aromatic heterocycles. The van der Waals surface area contributed by atoms with E-state index < -0.39 is 0 Å². The summed E-state index contributed by atoms with van der Waals surface area (Å²) in [4.78, 5) is 5.38. The lowest BCUT2D eigenvalue weighted by Gasteiger charge is -2.39. The summed E-state index contributed by atoms with van der Waals surface area (Å²) >= 11 is 0. The molecule has 2 heterocycles. The Morgan fingerprint density at radius 1 is 1.31 bits per heavy atom. The van der Waals surface area contributed by atoms with Crippen LogP contribution in [0.4, 0.5) is 0 Å². The summed E-state index contributed by atoms with van der Waals surface area (Å²) < 4.78 is 0. The van der Waals surface area contributed by atoms with Gasteiger partial charge in [-0.2, -0.15) is 0 Å². The quantitative estimate of drug-likeness (QED) is 0.753. The molecule has 0 radical (unpaired) electrons. The molecule has 0 aromatic rings. The van der Waals surface area contributed by atoms with Crippen LogP contribution in [-0.2, 0) is 0 Å². The minimum absolute atomic E-state index is 0.831. The Hall–Kier alpha value is -0.120. The van der Waals surface area contributed by atoms with E-state index in [1.54, 1.807) is 0 Å². The summed E-state index contributed by atoms with van der Waals surface area (Å²) in [6, 6.07) is 0.876. The molecule has 2 saturated heterocycles. The van der Waals surface area contributed by atoms with E-state index in [-0.39, 0.29) is 0 Å². The molecule has 3 nitrogen and oxygen atoms in total. The van der Waals surface area contributed by atoms with Crippen LogP contribution in [0.2, 0.25) is 0 Å². The molecule has 0 spiro atoms. The molecule has 1 N–H and O–H groups in total. The molecule has 0 aromatic carbocycles. The van der Waals surface area contributed by atoms with E-state index in [0.717, 1.165) is 12.0 Å². The summed E-state index contributed by atoms with van der Waals surface area (Å²) in [6.45, 7) is 10.0. The maximum absolute atomic E-state index is 3.32. The summed E-state index contributed by atoms with van der Waals surface area (Å²) in [7, 11) is 2.07. The van der Waals surface area contributed by atoms with Gasteiger partial charge in [0.15, 0.2) is 0 Å². The molecule has 0 aliphatic carbocycles. The highest BCUT2D eigenvalue weighted by Gasteiger charge is 2.30. The zero-order valence-electron chi connectivity index (χ0n) is 10.9. The van der Waals surface area contributed by atoms with Gasteiger partial charge in [0.05, 0.1) is 0 Å². The summed E-state index contributed by atoms with van der Waals surface area (Å²) in [5, 5.41) is 3.32. The van der Waals surface area contributed by atoms with E-state index in [4.69, 9.17) is 0 Å². The number of fused-ring (bicyclic) bond motifs is 1. The van der Waals surface area contributed by atoms with Gasteiger partial charge < -0.3 is 10.2 Å². The van der Waals surface area contributed by atoms with Crippen LogP contribution in [0.3, 0.4) is 0 Å². The summed E-state index contributed by atoms with van der Waals surface area (Å²) in [5.74, 6) is 0.831. The number of rotatable bonds is 5. The standard InChI is InChI=1S/C13H27N3/c1-3-12(9-14-2)10-15-7-8-16-6-4-5-13(16)11-15/h12-14H,3-11H2,1-2H3. The monoisotopic (exact) mass is 225 g/mol. The van der Waals surface area contributed by atoms with Gasteiger partial charge >= 0.3 is 0 Å². The lowest BCUT2D eigenvalue weighted by Crippen LogP contribution is -2.51. The first-order valence-corrected chi connectivity index (χ1v) is 6.94. The lowest BCUT2D eigenvalue weighted by molar-refractivity contribution is 0.0911. The number of nitrogens with one attached hydrogen (secondary N) is 1. The molecule has 2 atom stereocenters. The van der Waals surface area contributed by atoms with Crippen molar-refractivity contribution in [2.45, 2.75) is 32.2 Å². The van der Waals surface area contributed by atoms with Gasteiger partial charge in [-0.15, -0.1) is 0 Å². The molecule has 16 heavy (non-hydrogen) atoms. The average Bonchev–Trinajstić information content (AvgIpc) is 2.75. The van der Waals surface area contributed by atoms with Gasteiger partial charge in [0.2, 0.25) is 0 Å². The molecule has 3 heteroatoms. The van der Waals surface area contributed by atoms with Crippen LogP contribution < -0.4 is 5.32 Å². The van der Waals surface area contributed by atoms with Crippen LogP contribution in [0.25, 0.3) is 0 Å². The fourth-order valence-corrected chi connectivity index (χ4v) is 3.21. The maximum atomic E-state index is 3.32. The summed E-state index contributed by atoms with van der Waals surface area (Å²) in [5.41, 5.74) is 0. The lowest BCUT2D eigenvalue weighted by atomic mass is 10.0. The first kappa shape index (κ1) is 12.3. The molecule has 2 rings (SSSR count). The Kier molecular flexibility index (Phi) is 4.62. The predicted octanol–water partition coefficient (Wildman–Crippen LogP) is 1.01. The van der Waals surface area contributed by atoms with Crippen LogP contribution >= 0.6 is 0 Å². The molecule has 2 fully saturated rings. The molecule has 0 bridgehead atoms. The molecule has 94 valence electrons. The fraction of sp³-hybridized carbons (Fsp3) is 1.00. The van der Waals surface area contributed by atoms with Gasteiger partial charge in [0.1, 0.15) is 0 Å². The largest absolute Gasteiger partial charge is 0.319 e. The number of hydrogen-bond donors (Lipinski definition) is 1. The number of hydrogen-bond acceptors (Lipinski definition) is 3. The van der Waals surface area contributed by atoms with Crippen molar-refractivity contribution >= 4 is 0 Å². The van der Waals surface area contributed by atoms with Gasteiger partial charge in [-0.05, 0) is 38.9 Å². The van der Waals surface area contributed by atoms with Crippen LogP contribution in [0.1, 0.15) is 26.2 Å². The van der Waals surface area contributed by atoms with Crippen molar-refractivity contribution in [3.05, 3.63) is 0 Å². The SMILES string of the molecule is CCC(CNC)CN1CCN2CCCC2C1. The van der Waals surface area contributed by atoms with E-state index >= 15 is 0 Å². The van der Waals surface area contributed by atoms with Gasteiger partial charge in [-0.25, -0.2) is 0 Å². The van der Waals surface area contributed by atoms with Crippen molar-refractivity contribution in [2.24, 2.45) is 5.92 Å². The van der Waals surface area contributed by atoms with Crippen molar-refractivity contribution in [2.75, 3.05) is 46.3 Å². The number of nitrogens with zero attached hydrogens (tertiary/aromatic N) is 2. The fourth-order valence-electron chi connectivity index (χ4n) is 3.21. The smallest absolute Gasteiger partial charge is 0.0224 e. The minimum Gasteiger partial charge on any atom is -0.319 e. The second-order valence-corrected chi connectivity index (χ2v) is 5.42. The predicted molar refractivity (Wildman–Crippen MR) is 68.7 cm³/mol. The third kappa shape index (κ3) is 2.96. The molecule has 0 amide bonds. The van der Waals surface area contributed by atoms with Crippen LogP contribution in [0.5, 0.6) is 0 Å². The van der Waals surface area contributed by atoms with E-state index in [0.29, 0.717) is 0 Å². The zero-order valence-corrected chi connectivity index (χ0v) is 10.9. The topological polar surface area (TPSA) is 18.5 Å².